The summed E-state index contributed by atoms with van der Waals surface area (Å²) in [6.07, 6.45) is 3.93. The van der Waals surface area contributed by atoms with Crippen LogP contribution in [0.1, 0.15) is 11.1 Å². The Kier molecular flexibility index (Phi) is 5.64. The zero-order valence-electron chi connectivity index (χ0n) is 11.3. The van der Waals surface area contributed by atoms with E-state index in [0.29, 0.717) is 0 Å². The summed E-state index contributed by atoms with van der Waals surface area (Å²) in [6, 6.07) is 15.8. The van der Waals surface area contributed by atoms with Gasteiger partial charge in [-0.1, -0.05) is 45.8 Å². The molecule has 2 aromatic carbocycles. The third kappa shape index (κ3) is 4.08. The van der Waals surface area contributed by atoms with Crippen LogP contribution in [-0.4, -0.2) is 10.5 Å². The summed E-state index contributed by atoms with van der Waals surface area (Å²) in [5.74, 6) is 0. The van der Waals surface area contributed by atoms with Crippen molar-refractivity contribution in [2.75, 3.05) is 6.26 Å². The molecule has 0 N–H and O–H groups in total. The Labute approximate surface area is 135 Å². The zero-order chi connectivity index (χ0) is 14.5. The first-order valence-electron chi connectivity index (χ1n) is 6.10. The highest BCUT2D eigenvalue weighted by molar-refractivity contribution is 9.10. The predicted octanol–water partition coefficient (Wildman–Crippen LogP) is 5.23. The van der Waals surface area contributed by atoms with Gasteiger partial charge in [0.25, 0.3) is 0 Å². The largest absolute Gasteiger partial charge is 0.249 e. The van der Waals surface area contributed by atoms with E-state index in [4.69, 9.17) is 0 Å². The molecule has 1 nitrogen and oxygen atoms in total. The van der Waals surface area contributed by atoms with Crippen LogP contribution in [0.2, 0.25) is 0 Å². The van der Waals surface area contributed by atoms with Gasteiger partial charge < -0.3 is 0 Å². The molecule has 20 heavy (non-hydrogen) atoms. The molecule has 0 heterocycles. The van der Waals surface area contributed by atoms with Crippen LogP contribution in [0.5, 0.6) is 0 Å². The van der Waals surface area contributed by atoms with Crippen LogP contribution >= 0.6 is 27.7 Å². The Balaban J connectivity index is 2.29. The quantitative estimate of drug-likeness (QED) is 0.736. The van der Waals surface area contributed by atoms with Crippen molar-refractivity contribution in [3.05, 3.63) is 68.4 Å². The molecule has 0 bridgehead atoms. The molecule has 2 rings (SSSR count). The maximum Gasteiger partial charge on any atom is 0.0914 e. The first kappa shape index (κ1) is 15.5. The summed E-state index contributed by atoms with van der Waals surface area (Å²) in [5, 5.41) is 0. The highest BCUT2D eigenvalue weighted by atomic mass is 79.9. The third-order valence-corrected chi connectivity index (χ3v) is 5.96. The molecule has 0 unspecified atom stereocenters. The Hall–Kier alpha value is -0.840. The molecular formula is C16H15BrOS2. The van der Waals surface area contributed by atoms with Gasteiger partial charge in [0.05, 0.1) is 15.0 Å². The SMILES string of the molecule is CS/C(=C/c1ccc(Br)cc1)[S@](=O)c1ccc(C)cc1. The van der Waals surface area contributed by atoms with Crippen LogP contribution in [0.4, 0.5) is 0 Å². The molecule has 2 aromatic rings. The van der Waals surface area contributed by atoms with Crippen LogP contribution in [-0.2, 0) is 10.8 Å². The van der Waals surface area contributed by atoms with Crippen molar-refractivity contribution >= 4 is 44.6 Å². The van der Waals surface area contributed by atoms with Crippen LogP contribution in [0.15, 0.2) is 62.1 Å². The Bertz CT molecular complexity index is 631. The minimum atomic E-state index is -1.12. The van der Waals surface area contributed by atoms with E-state index in [9.17, 15) is 4.21 Å². The summed E-state index contributed by atoms with van der Waals surface area (Å²) >= 11 is 4.94. The van der Waals surface area contributed by atoms with Gasteiger partial charge >= 0.3 is 0 Å². The van der Waals surface area contributed by atoms with Gasteiger partial charge in [-0.05, 0) is 49.1 Å². The van der Waals surface area contributed by atoms with Crippen LogP contribution in [0.3, 0.4) is 0 Å². The average Bonchev–Trinajstić information content (AvgIpc) is 2.47. The molecule has 4 heteroatoms. The van der Waals surface area contributed by atoms with Gasteiger partial charge in [0.1, 0.15) is 0 Å². The lowest BCUT2D eigenvalue weighted by Gasteiger charge is -2.05. The van der Waals surface area contributed by atoms with E-state index >= 15 is 0 Å². The maximum absolute atomic E-state index is 12.6. The van der Waals surface area contributed by atoms with Gasteiger partial charge in [0.15, 0.2) is 0 Å². The van der Waals surface area contributed by atoms with Crippen molar-refractivity contribution in [1.29, 1.82) is 0 Å². The molecule has 0 fully saturated rings. The van der Waals surface area contributed by atoms with E-state index in [2.05, 4.69) is 15.9 Å². The van der Waals surface area contributed by atoms with Crippen molar-refractivity contribution in [2.24, 2.45) is 0 Å². The molecule has 0 aliphatic heterocycles. The number of rotatable bonds is 4. The second kappa shape index (κ2) is 7.25. The molecule has 0 saturated carbocycles. The molecule has 0 spiro atoms. The van der Waals surface area contributed by atoms with E-state index in [1.54, 1.807) is 0 Å². The average molecular weight is 367 g/mol. The van der Waals surface area contributed by atoms with Gasteiger partial charge in [-0.15, -0.1) is 11.8 Å². The summed E-state index contributed by atoms with van der Waals surface area (Å²) in [5.41, 5.74) is 2.23. The fourth-order valence-corrected chi connectivity index (χ4v) is 3.93. The molecule has 0 radical (unpaired) electrons. The molecule has 0 saturated heterocycles. The van der Waals surface area contributed by atoms with E-state index < -0.39 is 10.8 Å². The van der Waals surface area contributed by atoms with Gasteiger partial charge in [0.2, 0.25) is 0 Å². The van der Waals surface area contributed by atoms with Crippen molar-refractivity contribution in [1.82, 2.24) is 0 Å². The first-order valence-corrected chi connectivity index (χ1v) is 9.26. The van der Waals surface area contributed by atoms with Gasteiger partial charge in [-0.25, -0.2) is 4.21 Å². The topological polar surface area (TPSA) is 17.1 Å². The molecule has 0 aromatic heterocycles. The standard InChI is InChI=1S/C16H15BrOS2/c1-12-3-9-15(10-4-12)20(18)16(19-2)11-13-5-7-14(17)8-6-13/h3-11H,1-2H3/b16-11-/t20-/m1/s1. The number of halogens is 1. The number of thioether (sulfide) groups is 1. The molecule has 104 valence electrons. The molecule has 1 atom stereocenters. The smallest absolute Gasteiger partial charge is 0.0914 e. The highest BCUT2D eigenvalue weighted by Crippen LogP contribution is 2.26. The Morgan fingerprint density at radius 1 is 1.10 bits per heavy atom. The summed E-state index contributed by atoms with van der Waals surface area (Å²) in [4.78, 5) is 0.841. The van der Waals surface area contributed by atoms with Crippen LogP contribution < -0.4 is 0 Å². The van der Waals surface area contributed by atoms with Crippen molar-refractivity contribution in [2.45, 2.75) is 11.8 Å². The van der Waals surface area contributed by atoms with Gasteiger partial charge in [-0.3, -0.25) is 0 Å². The summed E-state index contributed by atoms with van der Waals surface area (Å²) in [7, 11) is -1.12. The number of hydrogen-bond acceptors (Lipinski definition) is 2. The number of benzene rings is 2. The fraction of sp³-hybridized carbons (Fsp3) is 0.125. The normalized spacial score (nSPS) is 13.2. The monoisotopic (exact) mass is 366 g/mol. The minimum absolute atomic E-state index is 0.841. The number of hydrogen-bond donors (Lipinski definition) is 0. The highest BCUT2D eigenvalue weighted by Gasteiger charge is 2.09. The Morgan fingerprint density at radius 3 is 2.25 bits per heavy atom. The number of aryl methyl sites for hydroxylation is 1. The summed E-state index contributed by atoms with van der Waals surface area (Å²) in [6.45, 7) is 2.03. The predicted molar refractivity (Wildman–Crippen MR) is 93.2 cm³/mol. The lowest BCUT2D eigenvalue weighted by atomic mass is 10.2. The van der Waals surface area contributed by atoms with Crippen molar-refractivity contribution in [3.63, 3.8) is 0 Å². The molecule has 0 aliphatic rings. The molecule has 0 aliphatic carbocycles. The van der Waals surface area contributed by atoms with Crippen molar-refractivity contribution in [3.8, 4) is 0 Å². The third-order valence-electron chi connectivity index (χ3n) is 2.77. The van der Waals surface area contributed by atoms with Crippen LogP contribution in [0, 0.1) is 6.92 Å². The molecule has 0 amide bonds. The Morgan fingerprint density at radius 2 is 1.70 bits per heavy atom. The van der Waals surface area contributed by atoms with E-state index in [0.717, 1.165) is 19.2 Å². The van der Waals surface area contributed by atoms with E-state index in [1.165, 1.54) is 17.3 Å². The van der Waals surface area contributed by atoms with E-state index in [1.807, 2.05) is 67.8 Å². The van der Waals surface area contributed by atoms with Crippen molar-refractivity contribution < 1.29 is 4.21 Å². The second-order valence-electron chi connectivity index (χ2n) is 4.30. The molecular weight excluding hydrogens is 352 g/mol. The van der Waals surface area contributed by atoms with Crippen LogP contribution in [0.25, 0.3) is 6.08 Å². The lowest BCUT2D eigenvalue weighted by molar-refractivity contribution is 0.688. The second-order valence-corrected chi connectivity index (χ2v) is 7.77. The fourth-order valence-electron chi connectivity index (χ4n) is 1.66. The lowest BCUT2D eigenvalue weighted by Crippen LogP contribution is -1.93. The van der Waals surface area contributed by atoms with E-state index in [-0.39, 0.29) is 0 Å². The summed E-state index contributed by atoms with van der Waals surface area (Å²) < 4.78 is 14.5. The van der Waals surface area contributed by atoms with Gasteiger partial charge in [0, 0.05) is 9.37 Å². The first-order chi connectivity index (χ1) is 9.60. The zero-order valence-corrected chi connectivity index (χ0v) is 14.5. The van der Waals surface area contributed by atoms with Gasteiger partial charge in [-0.2, -0.15) is 0 Å². The minimum Gasteiger partial charge on any atom is -0.249 e. The maximum atomic E-state index is 12.6.